The Morgan fingerprint density at radius 3 is 2.33 bits per heavy atom. The van der Waals surface area contributed by atoms with Crippen LogP contribution in [0.4, 0.5) is 0 Å². The lowest BCUT2D eigenvalue weighted by Gasteiger charge is -2.10. The van der Waals surface area contributed by atoms with E-state index in [9.17, 15) is 4.79 Å². The highest BCUT2D eigenvalue weighted by Crippen LogP contribution is 2.31. The van der Waals surface area contributed by atoms with Crippen molar-refractivity contribution < 1.29 is 9.90 Å². The molecule has 0 bridgehead atoms. The van der Waals surface area contributed by atoms with E-state index in [-0.39, 0.29) is 0 Å². The van der Waals surface area contributed by atoms with Gasteiger partial charge in [0.15, 0.2) is 0 Å². The molecule has 2 nitrogen and oxygen atoms in total. The molecule has 18 heavy (non-hydrogen) atoms. The second-order valence-electron chi connectivity index (χ2n) is 3.84. The van der Waals surface area contributed by atoms with Crippen molar-refractivity contribution in [1.29, 1.82) is 0 Å². The Labute approximate surface area is 116 Å². The zero-order valence-electron chi connectivity index (χ0n) is 9.38. The topological polar surface area (TPSA) is 37.3 Å². The average Bonchev–Trinajstić information content (AvgIpc) is 2.38. The molecule has 0 aliphatic rings. The lowest BCUT2D eigenvalue weighted by molar-refractivity contribution is -0.136. The summed E-state index contributed by atoms with van der Waals surface area (Å²) in [6.07, 6.45) is 0. The molecule has 2 aromatic rings. The fraction of sp³-hybridized carbons (Fsp3) is 0.0714. The van der Waals surface area contributed by atoms with Crippen molar-refractivity contribution in [2.45, 2.75) is 5.25 Å². The van der Waals surface area contributed by atoms with Gasteiger partial charge in [-0.3, -0.25) is 4.79 Å². The number of carboxylic acid groups (broad SMARTS) is 1. The summed E-state index contributed by atoms with van der Waals surface area (Å²) < 4.78 is 0. The Morgan fingerprint density at radius 1 is 1.11 bits per heavy atom. The van der Waals surface area contributed by atoms with Gasteiger partial charge in [-0.25, -0.2) is 0 Å². The minimum Gasteiger partial charge on any atom is -0.480 e. The van der Waals surface area contributed by atoms with Crippen LogP contribution in [0.1, 0.15) is 10.8 Å². The first-order valence-electron chi connectivity index (χ1n) is 5.35. The number of benzene rings is 2. The van der Waals surface area contributed by atoms with E-state index >= 15 is 0 Å². The minimum atomic E-state index is -1.01. The summed E-state index contributed by atoms with van der Waals surface area (Å²) in [5, 5.41) is 8.43. The highest BCUT2D eigenvalue weighted by molar-refractivity contribution is 7.81. The third-order valence-corrected chi connectivity index (χ3v) is 3.46. The molecule has 1 N–H and O–H groups in total. The van der Waals surface area contributed by atoms with Crippen LogP contribution < -0.4 is 0 Å². The Hall–Kier alpha value is -1.45. The maximum absolute atomic E-state index is 10.9. The summed E-state index contributed by atoms with van der Waals surface area (Å²) in [6, 6.07) is 15.1. The molecule has 0 heterocycles. The van der Waals surface area contributed by atoms with Gasteiger partial charge in [-0.15, -0.1) is 0 Å². The molecule has 1 unspecified atom stereocenters. The zero-order valence-corrected chi connectivity index (χ0v) is 11.0. The molecule has 0 aliphatic heterocycles. The van der Waals surface area contributed by atoms with Crippen LogP contribution in [0, 0.1) is 0 Å². The summed E-state index contributed by atoms with van der Waals surface area (Å²) in [7, 11) is 0. The van der Waals surface area contributed by atoms with E-state index in [0.717, 1.165) is 11.1 Å². The number of rotatable bonds is 3. The Kier molecular flexibility index (Phi) is 3.94. The summed E-state index contributed by atoms with van der Waals surface area (Å²) in [6.45, 7) is 0. The molecule has 1 atom stereocenters. The van der Waals surface area contributed by atoms with Gasteiger partial charge < -0.3 is 5.11 Å². The van der Waals surface area contributed by atoms with Crippen LogP contribution in [0.3, 0.4) is 0 Å². The predicted molar refractivity (Wildman–Crippen MR) is 76.3 cm³/mol. The second-order valence-corrected chi connectivity index (χ2v) is 4.77. The van der Waals surface area contributed by atoms with Gasteiger partial charge in [0.2, 0.25) is 0 Å². The normalized spacial score (nSPS) is 12.1. The lowest BCUT2D eigenvalue weighted by Crippen LogP contribution is -2.05. The monoisotopic (exact) mass is 278 g/mol. The van der Waals surface area contributed by atoms with Crippen LogP contribution in [-0.2, 0) is 4.79 Å². The molecule has 0 saturated carbocycles. The van der Waals surface area contributed by atoms with E-state index in [4.69, 9.17) is 16.7 Å². The molecule has 0 amide bonds. The minimum absolute atomic E-state index is 0.416. The zero-order chi connectivity index (χ0) is 13.1. The average molecular weight is 279 g/mol. The van der Waals surface area contributed by atoms with Gasteiger partial charge >= 0.3 is 5.97 Å². The van der Waals surface area contributed by atoms with Crippen molar-refractivity contribution >= 4 is 30.2 Å². The molecule has 0 radical (unpaired) electrons. The number of carboxylic acids is 1. The Bertz CT molecular complexity index is 569. The van der Waals surface area contributed by atoms with Crippen molar-refractivity contribution in [3.8, 4) is 11.1 Å². The van der Waals surface area contributed by atoms with Gasteiger partial charge in [0.05, 0.1) is 0 Å². The largest absolute Gasteiger partial charge is 0.480 e. The standard InChI is InChI=1S/C14H11ClO2S/c15-12-8-10(9-4-2-1-3-5-9)6-7-11(12)13(18)14(16)17/h1-8,13,18H,(H,16,17). The molecule has 4 heteroatoms. The third-order valence-electron chi connectivity index (χ3n) is 2.64. The van der Waals surface area contributed by atoms with Gasteiger partial charge in [0.1, 0.15) is 5.25 Å². The van der Waals surface area contributed by atoms with E-state index in [1.165, 1.54) is 0 Å². The maximum atomic E-state index is 10.9. The molecule has 0 aromatic heterocycles. The van der Waals surface area contributed by atoms with Gasteiger partial charge in [-0.1, -0.05) is 54.1 Å². The number of halogens is 1. The van der Waals surface area contributed by atoms with Gasteiger partial charge in [-0.2, -0.15) is 12.6 Å². The van der Waals surface area contributed by atoms with Gasteiger partial charge in [0.25, 0.3) is 0 Å². The molecule has 0 fully saturated rings. The highest BCUT2D eigenvalue weighted by atomic mass is 35.5. The van der Waals surface area contributed by atoms with E-state index in [0.29, 0.717) is 10.6 Å². The molecule has 0 saturated heterocycles. The molecular weight excluding hydrogens is 268 g/mol. The molecule has 0 aliphatic carbocycles. The smallest absolute Gasteiger partial charge is 0.320 e. The quantitative estimate of drug-likeness (QED) is 0.831. The number of hydrogen-bond acceptors (Lipinski definition) is 2. The predicted octanol–water partition coefficient (Wildman–Crippen LogP) is 4.06. The molecule has 0 spiro atoms. The first kappa shape index (κ1) is 13.0. The summed E-state index contributed by atoms with van der Waals surface area (Å²) in [5.41, 5.74) is 2.50. The number of thiol groups is 1. The van der Waals surface area contributed by atoms with Crippen LogP contribution in [-0.4, -0.2) is 11.1 Å². The van der Waals surface area contributed by atoms with E-state index in [1.54, 1.807) is 12.1 Å². The second kappa shape index (κ2) is 5.46. The Balaban J connectivity index is 2.40. The van der Waals surface area contributed by atoms with E-state index < -0.39 is 11.2 Å². The summed E-state index contributed by atoms with van der Waals surface area (Å²) >= 11 is 10.1. The van der Waals surface area contributed by atoms with Crippen LogP contribution in [0.15, 0.2) is 48.5 Å². The van der Waals surface area contributed by atoms with Crippen LogP contribution in [0.5, 0.6) is 0 Å². The van der Waals surface area contributed by atoms with Crippen molar-refractivity contribution in [3.05, 3.63) is 59.1 Å². The molecular formula is C14H11ClO2S. The third kappa shape index (κ3) is 2.68. The van der Waals surface area contributed by atoms with Crippen molar-refractivity contribution in [2.24, 2.45) is 0 Å². The summed E-state index contributed by atoms with van der Waals surface area (Å²) in [5.74, 6) is -1.01. The van der Waals surface area contributed by atoms with Gasteiger partial charge in [0, 0.05) is 5.02 Å². The van der Waals surface area contributed by atoms with E-state index in [2.05, 4.69) is 12.6 Å². The van der Waals surface area contributed by atoms with Crippen molar-refractivity contribution in [3.63, 3.8) is 0 Å². The number of aliphatic carboxylic acids is 1. The highest BCUT2D eigenvalue weighted by Gasteiger charge is 2.18. The van der Waals surface area contributed by atoms with Crippen LogP contribution in [0.25, 0.3) is 11.1 Å². The lowest BCUT2D eigenvalue weighted by atomic mass is 10.0. The molecule has 2 aromatic carbocycles. The van der Waals surface area contributed by atoms with Gasteiger partial charge in [-0.05, 0) is 22.8 Å². The van der Waals surface area contributed by atoms with Crippen molar-refractivity contribution in [2.75, 3.05) is 0 Å². The first-order valence-corrected chi connectivity index (χ1v) is 6.25. The number of hydrogen-bond donors (Lipinski definition) is 2. The SMILES string of the molecule is O=C(O)C(S)c1ccc(-c2ccccc2)cc1Cl. The van der Waals surface area contributed by atoms with E-state index in [1.807, 2.05) is 36.4 Å². The maximum Gasteiger partial charge on any atom is 0.320 e. The number of carbonyl (C=O) groups is 1. The van der Waals surface area contributed by atoms with Crippen LogP contribution in [0.2, 0.25) is 5.02 Å². The fourth-order valence-electron chi connectivity index (χ4n) is 1.69. The van der Waals surface area contributed by atoms with Crippen LogP contribution >= 0.6 is 24.2 Å². The first-order chi connectivity index (χ1) is 8.59. The molecule has 92 valence electrons. The summed E-state index contributed by atoms with van der Waals surface area (Å²) in [4.78, 5) is 10.9. The fourth-order valence-corrected chi connectivity index (χ4v) is 2.28. The van der Waals surface area contributed by atoms with Crippen molar-refractivity contribution in [1.82, 2.24) is 0 Å². The molecule has 2 rings (SSSR count). The Morgan fingerprint density at radius 2 is 1.78 bits per heavy atom.